The molecule has 15 heavy (non-hydrogen) atoms. The lowest BCUT2D eigenvalue weighted by Crippen LogP contribution is -2.18. The fourth-order valence-corrected chi connectivity index (χ4v) is 1.54. The summed E-state index contributed by atoms with van der Waals surface area (Å²) in [7, 11) is 1.83. The molecule has 0 unspecified atom stereocenters. The average molecular weight is 202 g/mol. The van der Waals surface area contributed by atoms with Crippen molar-refractivity contribution in [3.05, 3.63) is 42.2 Å². The highest BCUT2D eigenvalue weighted by atomic mass is 15.8. The fraction of sp³-hybridized carbons (Fsp3) is 0.273. The second-order valence-corrected chi connectivity index (χ2v) is 3.41. The van der Waals surface area contributed by atoms with Crippen LogP contribution in [0.15, 0.2) is 47.1 Å². The van der Waals surface area contributed by atoms with E-state index in [2.05, 4.69) is 30.0 Å². The first-order valence-corrected chi connectivity index (χ1v) is 4.96. The molecule has 0 amide bonds. The molecule has 0 fully saturated rings. The normalized spacial score (nSPS) is 15.2. The van der Waals surface area contributed by atoms with Gasteiger partial charge in [0.25, 0.3) is 0 Å². The second kappa shape index (κ2) is 3.73. The van der Waals surface area contributed by atoms with Crippen molar-refractivity contribution in [1.82, 2.24) is 5.01 Å². The summed E-state index contributed by atoms with van der Waals surface area (Å²) in [6, 6.07) is 8.15. The lowest BCUT2D eigenvalue weighted by atomic mass is 10.1. The molecule has 0 radical (unpaired) electrons. The van der Waals surface area contributed by atoms with Crippen molar-refractivity contribution < 1.29 is 0 Å². The minimum absolute atomic E-state index is 0.774. The van der Waals surface area contributed by atoms with Gasteiger partial charge in [-0.2, -0.15) is 5.01 Å². The van der Waals surface area contributed by atoms with E-state index >= 15 is 0 Å². The Morgan fingerprint density at radius 1 is 1.27 bits per heavy atom. The van der Waals surface area contributed by atoms with Crippen LogP contribution in [-0.4, -0.2) is 12.1 Å². The van der Waals surface area contributed by atoms with Gasteiger partial charge in [-0.3, -0.25) is 0 Å². The molecule has 0 N–H and O–H groups in total. The highest BCUT2D eigenvalue weighted by Gasteiger charge is 2.20. The summed E-state index contributed by atoms with van der Waals surface area (Å²) in [4.78, 5) is 0. The van der Waals surface area contributed by atoms with Gasteiger partial charge < -0.3 is 0 Å². The highest BCUT2D eigenvalue weighted by Crippen LogP contribution is 2.28. The number of anilines is 1. The minimum Gasteiger partial charge on any atom is -0.231 e. The quantitative estimate of drug-likeness (QED) is 0.738. The highest BCUT2D eigenvalue weighted by molar-refractivity contribution is 5.56. The van der Waals surface area contributed by atoms with Gasteiger partial charge in [0.2, 0.25) is 0 Å². The number of hydrogen-bond donors (Lipinski definition) is 0. The molecular weight excluding hydrogens is 188 g/mol. The van der Waals surface area contributed by atoms with E-state index in [0.29, 0.717) is 0 Å². The fourth-order valence-electron chi connectivity index (χ4n) is 1.54. The van der Waals surface area contributed by atoms with Gasteiger partial charge in [0.05, 0.1) is 5.69 Å². The van der Waals surface area contributed by atoms with Crippen molar-refractivity contribution >= 4 is 5.69 Å². The van der Waals surface area contributed by atoms with Crippen LogP contribution < -0.4 is 5.01 Å². The van der Waals surface area contributed by atoms with E-state index in [1.165, 1.54) is 5.56 Å². The smallest absolute Gasteiger partial charge is 0.146 e. The summed E-state index contributed by atoms with van der Waals surface area (Å²) in [6.07, 6.45) is 0.971. The molecule has 4 heteroatoms. The number of rotatable bonds is 2. The predicted octanol–water partition coefficient (Wildman–Crippen LogP) is 2.75. The Hall–Kier alpha value is -1.84. The lowest BCUT2D eigenvalue weighted by molar-refractivity contribution is 0.459. The molecule has 2 rings (SSSR count). The third-order valence-corrected chi connectivity index (χ3v) is 2.48. The third-order valence-electron chi connectivity index (χ3n) is 2.48. The van der Waals surface area contributed by atoms with E-state index in [4.69, 9.17) is 0 Å². The van der Waals surface area contributed by atoms with E-state index in [-0.39, 0.29) is 0 Å². The SMILES string of the molecule is C=C1N(C)N=NN1c1ccccc1CC. The Bertz CT molecular complexity index is 411. The molecule has 78 valence electrons. The Labute approximate surface area is 89.5 Å². The van der Waals surface area contributed by atoms with Gasteiger partial charge in [-0.25, -0.2) is 5.01 Å². The number of hydrogen-bond acceptors (Lipinski definition) is 4. The van der Waals surface area contributed by atoms with E-state index < -0.39 is 0 Å². The van der Waals surface area contributed by atoms with Gasteiger partial charge in [-0.15, -0.1) is 0 Å². The molecule has 1 heterocycles. The van der Waals surface area contributed by atoms with Crippen molar-refractivity contribution in [2.24, 2.45) is 10.4 Å². The molecular formula is C11H14N4. The van der Waals surface area contributed by atoms with Crippen molar-refractivity contribution in [1.29, 1.82) is 0 Å². The topological polar surface area (TPSA) is 31.2 Å². The molecule has 0 bridgehead atoms. The van der Waals surface area contributed by atoms with E-state index in [1.807, 2.05) is 25.2 Å². The van der Waals surface area contributed by atoms with Crippen LogP contribution in [0.5, 0.6) is 0 Å². The first-order valence-electron chi connectivity index (χ1n) is 4.96. The van der Waals surface area contributed by atoms with Crippen LogP contribution in [0.25, 0.3) is 0 Å². The van der Waals surface area contributed by atoms with Crippen LogP contribution in [0.1, 0.15) is 12.5 Å². The zero-order valence-corrected chi connectivity index (χ0v) is 9.01. The first kappa shape index (κ1) is 9.71. The monoisotopic (exact) mass is 202 g/mol. The van der Waals surface area contributed by atoms with Gasteiger partial charge >= 0.3 is 0 Å². The molecule has 1 aromatic carbocycles. The summed E-state index contributed by atoms with van der Waals surface area (Å²) in [6.45, 7) is 6.06. The van der Waals surface area contributed by atoms with Crippen LogP contribution in [-0.2, 0) is 6.42 Å². The molecule has 0 saturated heterocycles. The first-order chi connectivity index (χ1) is 7.24. The van der Waals surface area contributed by atoms with Crippen molar-refractivity contribution in [3.8, 4) is 0 Å². The van der Waals surface area contributed by atoms with Crippen LogP contribution in [0.4, 0.5) is 5.69 Å². The molecule has 0 spiro atoms. The number of aryl methyl sites for hydroxylation is 1. The standard InChI is InChI=1S/C11H14N4/c1-4-10-7-5-6-8-11(10)15-9(2)14(3)12-13-15/h5-8H,2,4H2,1,3H3. The zero-order valence-electron chi connectivity index (χ0n) is 9.01. The minimum atomic E-state index is 0.774. The molecule has 0 atom stereocenters. The summed E-state index contributed by atoms with van der Waals surface area (Å²) >= 11 is 0. The van der Waals surface area contributed by atoms with E-state index in [9.17, 15) is 0 Å². The molecule has 1 aromatic rings. The van der Waals surface area contributed by atoms with E-state index in [0.717, 1.165) is 17.9 Å². The molecule has 0 aliphatic carbocycles. The Morgan fingerprint density at radius 3 is 2.60 bits per heavy atom. The van der Waals surface area contributed by atoms with E-state index in [1.54, 1.807) is 10.0 Å². The molecule has 1 aliphatic heterocycles. The third kappa shape index (κ3) is 1.58. The van der Waals surface area contributed by atoms with Gasteiger partial charge in [-0.1, -0.05) is 31.7 Å². The summed E-state index contributed by atoms with van der Waals surface area (Å²) in [5.74, 6) is 0.774. The van der Waals surface area contributed by atoms with Gasteiger partial charge in [0.15, 0.2) is 0 Å². The summed E-state index contributed by atoms with van der Waals surface area (Å²) in [5, 5.41) is 11.4. The predicted molar refractivity (Wildman–Crippen MR) is 60.1 cm³/mol. The number of nitrogens with zero attached hydrogens (tertiary/aromatic N) is 4. The summed E-state index contributed by atoms with van der Waals surface area (Å²) < 4.78 is 0. The summed E-state index contributed by atoms with van der Waals surface area (Å²) in [5.41, 5.74) is 2.30. The Morgan fingerprint density at radius 2 is 2.00 bits per heavy atom. The van der Waals surface area contributed by atoms with Gasteiger partial charge in [-0.05, 0) is 28.5 Å². The van der Waals surface area contributed by atoms with Crippen molar-refractivity contribution in [2.75, 3.05) is 12.1 Å². The van der Waals surface area contributed by atoms with Gasteiger partial charge in [0, 0.05) is 7.05 Å². The Balaban J connectivity index is 2.38. The zero-order chi connectivity index (χ0) is 10.8. The number of para-hydroxylation sites is 1. The Kier molecular flexibility index (Phi) is 2.41. The molecule has 0 saturated carbocycles. The molecule has 4 nitrogen and oxygen atoms in total. The van der Waals surface area contributed by atoms with Crippen LogP contribution in [0.2, 0.25) is 0 Å². The maximum atomic E-state index is 4.06. The lowest BCUT2D eigenvalue weighted by Gasteiger charge is -2.18. The van der Waals surface area contributed by atoms with Crippen LogP contribution >= 0.6 is 0 Å². The number of benzene rings is 1. The van der Waals surface area contributed by atoms with Crippen molar-refractivity contribution in [3.63, 3.8) is 0 Å². The van der Waals surface area contributed by atoms with Crippen LogP contribution in [0, 0.1) is 0 Å². The molecule has 1 aliphatic rings. The average Bonchev–Trinajstić information content (AvgIpc) is 2.60. The second-order valence-electron chi connectivity index (χ2n) is 3.41. The van der Waals surface area contributed by atoms with Gasteiger partial charge in [0.1, 0.15) is 5.82 Å². The molecule has 0 aromatic heterocycles. The maximum Gasteiger partial charge on any atom is 0.146 e. The van der Waals surface area contributed by atoms with Crippen molar-refractivity contribution in [2.45, 2.75) is 13.3 Å². The maximum absolute atomic E-state index is 4.06. The largest absolute Gasteiger partial charge is 0.231 e. The van der Waals surface area contributed by atoms with Crippen LogP contribution in [0.3, 0.4) is 0 Å².